The van der Waals surface area contributed by atoms with Crippen molar-refractivity contribution < 1.29 is 9.53 Å². The molecule has 0 saturated heterocycles. The Labute approximate surface area is 202 Å². The quantitative estimate of drug-likeness (QED) is 0.470. The van der Waals surface area contributed by atoms with Crippen molar-refractivity contribution in [3.63, 3.8) is 0 Å². The van der Waals surface area contributed by atoms with Crippen molar-refractivity contribution in [3.8, 4) is 17.0 Å². The molecule has 35 heavy (non-hydrogen) atoms. The van der Waals surface area contributed by atoms with E-state index in [1.54, 1.807) is 0 Å². The Kier molecular flexibility index (Phi) is 5.35. The molecule has 0 spiro atoms. The summed E-state index contributed by atoms with van der Waals surface area (Å²) in [6.07, 6.45) is 8.47. The zero-order chi connectivity index (χ0) is 24.1. The molecule has 3 aromatic rings. The lowest BCUT2D eigenvalue weighted by atomic mass is 9.91. The van der Waals surface area contributed by atoms with E-state index < -0.39 is 0 Å². The zero-order valence-electron chi connectivity index (χ0n) is 19.6. The third-order valence-corrected chi connectivity index (χ3v) is 7.86. The van der Waals surface area contributed by atoms with Gasteiger partial charge in [-0.05, 0) is 87.1 Å². The molecule has 3 saturated carbocycles. The van der Waals surface area contributed by atoms with Gasteiger partial charge in [-0.1, -0.05) is 6.58 Å². The summed E-state index contributed by atoms with van der Waals surface area (Å²) in [7, 11) is 0. The highest BCUT2D eigenvalue weighted by Gasteiger charge is 2.46. The summed E-state index contributed by atoms with van der Waals surface area (Å²) in [6.45, 7) is 3.52. The number of anilines is 1. The number of nitrogens with two attached hydrogens (primary N) is 1. The molecule has 0 bridgehead atoms. The maximum absolute atomic E-state index is 12.8. The molecular weight excluding hydrogens is 444 g/mol. The number of hydrogen-bond acceptors (Lipinski definition) is 6. The molecule has 3 atom stereocenters. The van der Waals surface area contributed by atoms with E-state index in [4.69, 9.17) is 15.6 Å². The molecule has 0 radical (unpaired) electrons. The summed E-state index contributed by atoms with van der Waals surface area (Å²) in [4.78, 5) is 24.5. The average molecular weight is 475 g/mol. The number of aromatic nitrogens is 4. The van der Waals surface area contributed by atoms with Crippen molar-refractivity contribution in [2.45, 2.75) is 63.1 Å². The van der Waals surface area contributed by atoms with Crippen LogP contribution in [0, 0.1) is 11.8 Å². The number of amides is 1. The lowest BCUT2D eigenvalue weighted by molar-refractivity contribution is -0.117. The predicted molar refractivity (Wildman–Crippen MR) is 133 cm³/mol. The number of H-pyrrole nitrogens is 1. The van der Waals surface area contributed by atoms with Crippen LogP contribution < -0.4 is 21.3 Å². The van der Waals surface area contributed by atoms with Gasteiger partial charge in [-0.2, -0.15) is 10.2 Å². The van der Waals surface area contributed by atoms with Gasteiger partial charge in [-0.25, -0.2) is 5.10 Å². The van der Waals surface area contributed by atoms with E-state index in [1.807, 2.05) is 28.9 Å². The number of benzene rings is 1. The number of nitrogen functional groups attached to an aromatic ring is 1. The maximum atomic E-state index is 12.8. The topological polar surface area (TPSA) is 128 Å². The van der Waals surface area contributed by atoms with Gasteiger partial charge in [0.2, 0.25) is 5.91 Å². The predicted octanol–water partition coefficient (Wildman–Crippen LogP) is 3.33. The fourth-order valence-corrected chi connectivity index (χ4v) is 5.94. The Morgan fingerprint density at radius 2 is 1.86 bits per heavy atom. The van der Waals surface area contributed by atoms with Crippen LogP contribution in [-0.4, -0.2) is 38.0 Å². The van der Waals surface area contributed by atoms with Gasteiger partial charge in [0.05, 0.1) is 17.5 Å². The van der Waals surface area contributed by atoms with Gasteiger partial charge in [-0.3, -0.25) is 14.3 Å². The van der Waals surface area contributed by atoms with E-state index in [2.05, 4.69) is 22.1 Å². The molecule has 6 rings (SSSR count). The Balaban J connectivity index is 1.28. The molecule has 4 N–H and O–H groups in total. The van der Waals surface area contributed by atoms with E-state index in [1.165, 1.54) is 12.5 Å². The van der Waals surface area contributed by atoms with Crippen LogP contribution in [0.15, 0.2) is 41.7 Å². The number of nitrogens with zero attached hydrogens (tertiary/aromatic N) is 3. The van der Waals surface area contributed by atoms with Crippen molar-refractivity contribution in [2.24, 2.45) is 11.8 Å². The largest absolute Gasteiger partial charge is 0.490 e. The van der Waals surface area contributed by atoms with Crippen molar-refractivity contribution in [1.29, 1.82) is 0 Å². The number of aromatic amines is 1. The van der Waals surface area contributed by atoms with Crippen LogP contribution in [0.25, 0.3) is 22.2 Å². The number of nitrogens with one attached hydrogen (secondary N) is 2. The minimum absolute atomic E-state index is 0.0300. The number of ether oxygens (including phenoxy) is 1. The van der Waals surface area contributed by atoms with E-state index in [0.29, 0.717) is 22.7 Å². The standard InChI is InChI=1S/C26H30N6O3/c1-2-21(33)28-17-5-7-18(8-6-17)32-24-22(25(27)29-30-26(24)34)23(31-32)14-3-9-19(10-4-14)35-20-12-15-11-16(15)13-20/h2-4,9-10,15-18,20H,1,5-8,11-13H2,(H2,27,29)(H,28,33)(H,30,34)/t15-,16?,17?,18?,20+/m0/s1. The highest BCUT2D eigenvalue weighted by atomic mass is 16.5. The number of rotatable bonds is 6. The van der Waals surface area contributed by atoms with Crippen molar-refractivity contribution >= 4 is 22.6 Å². The highest BCUT2D eigenvalue weighted by Crippen LogP contribution is 2.52. The summed E-state index contributed by atoms with van der Waals surface area (Å²) in [5, 5.41) is 14.9. The van der Waals surface area contributed by atoms with Crippen molar-refractivity contribution in [1.82, 2.24) is 25.3 Å². The normalized spacial score (nSPS) is 27.4. The van der Waals surface area contributed by atoms with Gasteiger partial charge in [0.1, 0.15) is 17.0 Å². The number of carbonyl (C=O) groups is 1. The minimum atomic E-state index is -0.310. The summed E-state index contributed by atoms with van der Waals surface area (Å²) in [5.74, 6) is 2.69. The summed E-state index contributed by atoms with van der Waals surface area (Å²) >= 11 is 0. The lowest BCUT2D eigenvalue weighted by Gasteiger charge is -2.29. The Hall–Kier alpha value is -3.62. The number of fused-ring (bicyclic) bond motifs is 2. The molecule has 2 heterocycles. The number of carbonyl (C=O) groups excluding carboxylic acids is 1. The first-order valence-corrected chi connectivity index (χ1v) is 12.5. The number of hydrogen-bond donors (Lipinski definition) is 3. The Morgan fingerprint density at radius 1 is 1.14 bits per heavy atom. The van der Waals surface area contributed by atoms with E-state index in [-0.39, 0.29) is 29.4 Å². The van der Waals surface area contributed by atoms with Crippen LogP contribution in [-0.2, 0) is 4.79 Å². The van der Waals surface area contributed by atoms with Gasteiger partial charge >= 0.3 is 0 Å². The zero-order valence-corrected chi connectivity index (χ0v) is 19.6. The molecule has 3 aliphatic carbocycles. The van der Waals surface area contributed by atoms with Gasteiger partial charge in [0.15, 0.2) is 5.82 Å². The van der Waals surface area contributed by atoms with E-state index in [9.17, 15) is 9.59 Å². The molecule has 9 heteroatoms. The van der Waals surface area contributed by atoms with Crippen LogP contribution in [0.1, 0.15) is 51.0 Å². The van der Waals surface area contributed by atoms with Gasteiger partial charge in [-0.15, -0.1) is 0 Å². The van der Waals surface area contributed by atoms with Gasteiger partial charge < -0.3 is 15.8 Å². The van der Waals surface area contributed by atoms with Crippen LogP contribution in [0.3, 0.4) is 0 Å². The molecular formula is C26H30N6O3. The fraction of sp³-hybridized carbons (Fsp3) is 0.462. The van der Waals surface area contributed by atoms with Crippen LogP contribution in [0.4, 0.5) is 5.82 Å². The van der Waals surface area contributed by atoms with Crippen LogP contribution >= 0.6 is 0 Å². The smallest absolute Gasteiger partial charge is 0.290 e. The lowest BCUT2D eigenvalue weighted by Crippen LogP contribution is -2.37. The molecule has 3 fully saturated rings. The summed E-state index contributed by atoms with van der Waals surface area (Å²) in [6, 6.07) is 8.01. The van der Waals surface area contributed by atoms with E-state index in [0.717, 1.165) is 61.7 Å². The molecule has 9 nitrogen and oxygen atoms in total. The van der Waals surface area contributed by atoms with E-state index >= 15 is 0 Å². The van der Waals surface area contributed by atoms with Gasteiger partial charge in [0, 0.05) is 11.6 Å². The first-order valence-electron chi connectivity index (χ1n) is 12.5. The molecule has 2 aromatic heterocycles. The molecule has 1 unspecified atom stereocenters. The SMILES string of the molecule is C=CC(=O)NC1CCC(n2nc(-c3ccc(O[C@H]4CC5C[C@H]5C4)cc3)c3c(N)n[nH]c(=O)c32)CC1. The fourth-order valence-electron chi connectivity index (χ4n) is 5.94. The third-order valence-electron chi connectivity index (χ3n) is 7.86. The first kappa shape index (κ1) is 21.9. The molecule has 1 aromatic carbocycles. The molecule has 182 valence electrons. The monoisotopic (exact) mass is 474 g/mol. The highest BCUT2D eigenvalue weighted by molar-refractivity contribution is 5.99. The minimum Gasteiger partial charge on any atom is -0.490 e. The molecule has 0 aliphatic heterocycles. The summed E-state index contributed by atoms with van der Waals surface area (Å²) < 4.78 is 8.00. The average Bonchev–Trinajstić information content (AvgIpc) is 3.28. The second-order valence-electron chi connectivity index (χ2n) is 10.2. The van der Waals surface area contributed by atoms with Gasteiger partial charge in [0.25, 0.3) is 5.56 Å². The van der Waals surface area contributed by atoms with Crippen molar-refractivity contribution in [2.75, 3.05) is 5.73 Å². The third kappa shape index (κ3) is 4.09. The summed E-state index contributed by atoms with van der Waals surface area (Å²) in [5.41, 5.74) is 7.88. The first-order chi connectivity index (χ1) is 17.0. The molecule has 3 aliphatic rings. The van der Waals surface area contributed by atoms with Crippen LogP contribution in [0.2, 0.25) is 0 Å². The Morgan fingerprint density at radius 3 is 2.54 bits per heavy atom. The maximum Gasteiger partial charge on any atom is 0.290 e. The van der Waals surface area contributed by atoms with Crippen LogP contribution in [0.5, 0.6) is 5.75 Å². The second-order valence-corrected chi connectivity index (χ2v) is 10.2. The molecule has 1 amide bonds. The van der Waals surface area contributed by atoms with Crippen molar-refractivity contribution in [3.05, 3.63) is 47.3 Å². The second kappa shape index (κ2) is 8.55. The Bertz CT molecular complexity index is 1330.